The van der Waals surface area contributed by atoms with Gasteiger partial charge in [-0.15, -0.1) is 0 Å². The predicted octanol–water partition coefficient (Wildman–Crippen LogP) is 0.858. The number of halogens is 1. The Morgan fingerprint density at radius 1 is 0.714 bits per heavy atom. The molecular weight excluding hydrogens is 1020 g/mol. The fourth-order valence-electron chi connectivity index (χ4n) is 0. The van der Waals surface area contributed by atoms with Crippen molar-refractivity contribution in [3.63, 3.8) is 0 Å². The molecule has 0 saturated heterocycles. The van der Waals surface area contributed by atoms with Crippen LogP contribution < -0.4 is 0 Å². The molecule has 6 heteroatoms. The van der Waals surface area contributed by atoms with Crippen LogP contribution in [-0.2, 0) is 111 Å². The zero-order valence-electron chi connectivity index (χ0n) is 2.89. The zero-order valence-corrected chi connectivity index (χ0v) is 13.7. The van der Waals surface area contributed by atoms with Gasteiger partial charge in [0.15, 0.2) is 0 Å². The Labute approximate surface area is 119 Å². The fourth-order valence-corrected chi connectivity index (χ4v) is 0. The van der Waals surface area contributed by atoms with Gasteiger partial charge in [-0.1, -0.05) is 0 Å². The van der Waals surface area contributed by atoms with Crippen molar-refractivity contribution in [2.75, 3.05) is 0 Å². The van der Waals surface area contributed by atoms with Crippen molar-refractivity contribution in [3.05, 3.63) is 7.43 Å². The average molecular weight is 1020 g/mol. The van der Waals surface area contributed by atoms with Gasteiger partial charge in [0, 0.05) is 89.5 Å². The molecule has 0 unspecified atom stereocenters. The van der Waals surface area contributed by atoms with E-state index in [1.165, 1.54) is 0 Å². The van der Waals surface area contributed by atoms with E-state index in [1.807, 2.05) is 0 Å². The molecule has 0 fully saturated rings. The minimum absolute atomic E-state index is 0. The molecule has 0 spiro atoms. The molecule has 0 aromatic heterocycles. The number of rotatable bonds is 0. The van der Waals surface area contributed by atoms with Crippen LogP contribution in [0.2, 0.25) is 0 Å². The molecule has 70 valence electrons. The first-order valence-corrected chi connectivity index (χ1v) is 0.933. The van der Waals surface area contributed by atoms with Crippen LogP contribution in [0.15, 0.2) is 0 Å². The quantitative estimate of drug-likeness (QED) is 0.250. The number of hydrogen-bond acceptors (Lipinski definition) is 0. The molecule has 0 amide bonds. The summed E-state index contributed by atoms with van der Waals surface area (Å²) in [6.07, 6.45) is 0. The molecule has 0 aromatic rings. The summed E-state index contributed by atoms with van der Waals surface area (Å²) in [5.74, 6) is 0. The van der Waals surface area contributed by atoms with Crippen LogP contribution in [0.3, 0.4) is 0 Å². The van der Waals surface area contributed by atoms with Crippen LogP contribution >= 0.6 is 0 Å². The first-order chi connectivity index (χ1) is 1.00. The Bertz CT molecular complexity index is 8.04. The summed E-state index contributed by atoms with van der Waals surface area (Å²) in [6, 6.07) is 0. The molecule has 0 aliphatic rings. The van der Waals surface area contributed by atoms with Crippen LogP contribution in [0.25, 0.3) is 0 Å². The third-order valence-electron chi connectivity index (χ3n) is 0. The standard InChI is InChI=1S/CH3.5Au.FH/h1H3;;;;;;1H/q-1;;;;;+1;/p-1. The SMILES string of the molecule is [Au].[Au].[Au].[Au].[CH3-].[F][Au]. The predicted molar refractivity (Wildman–Crippen MR) is 7.52 cm³/mol. The molecule has 0 aliphatic carbocycles. The van der Waals surface area contributed by atoms with Gasteiger partial charge in [0.2, 0.25) is 0 Å². The summed E-state index contributed by atoms with van der Waals surface area (Å²) in [5, 5.41) is 0. The minimum atomic E-state index is 0. The summed E-state index contributed by atoms with van der Waals surface area (Å²) in [6.45, 7) is 0. The monoisotopic (exact) mass is 1020 g/mol. The summed E-state index contributed by atoms with van der Waals surface area (Å²) >= 11 is 0.778. The second kappa shape index (κ2) is 54.4. The van der Waals surface area contributed by atoms with Crippen molar-refractivity contribution < 1.29 is 114 Å². The average Bonchev–Trinajstić information content (AvgIpc) is 1.00. The second-order valence-corrected chi connectivity index (χ2v) is 0. The Balaban J connectivity index is -0.000000000500. The molecule has 0 heterocycles. The van der Waals surface area contributed by atoms with E-state index in [4.69, 9.17) is 0 Å². The molecule has 7 heavy (non-hydrogen) atoms. The molecule has 0 saturated carbocycles. The van der Waals surface area contributed by atoms with E-state index in [0.717, 1.165) is 21.6 Å². The van der Waals surface area contributed by atoms with Crippen molar-refractivity contribution >= 4 is 0 Å². The summed E-state index contributed by atoms with van der Waals surface area (Å²) in [5.41, 5.74) is 0. The van der Waals surface area contributed by atoms with Gasteiger partial charge in [-0.05, 0) is 0 Å². The Morgan fingerprint density at radius 2 is 0.714 bits per heavy atom. The van der Waals surface area contributed by atoms with Gasteiger partial charge in [0.1, 0.15) is 0 Å². The second-order valence-electron chi connectivity index (χ2n) is 0. The zero-order chi connectivity index (χ0) is 2.00. The molecule has 4 radical (unpaired) electrons. The maximum absolute atomic E-state index is 9.44. The summed E-state index contributed by atoms with van der Waals surface area (Å²) in [7, 11) is 0. The molecule has 0 aromatic carbocycles. The molecule has 0 N–H and O–H groups in total. The van der Waals surface area contributed by atoms with Crippen molar-refractivity contribution in [1.29, 1.82) is 0 Å². The maximum atomic E-state index is 9.44. The van der Waals surface area contributed by atoms with Crippen LogP contribution in [-0.4, -0.2) is 0 Å². The van der Waals surface area contributed by atoms with Gasteiger partial charge >= 0.3 is 24.6 Å². The molecule has 0 rings (SSSR count). The Kier molecular flexibility index (Phi) is 357. The van der Waals surface area contributed by atoms with E-state index < -0.39 is 0 Å². The van der Waals surface area contributed by atoms with Crippen LogP contribution in [0, 0.1) is 7.43 Å². The molecule has 0 bridgehead atoms. The van der Waals surface area contributed by atoms with E-state index in [1.54, 1.807) is 0 Å². The third-order valence-corrected chi connectivity index (χ3v) is 0. The van der Waals surface area contributed by atoms with E-state index in [-0.39, 0.29) is 96.9 Å². The molecule has 0 atom stereocenters. The normalized spacial score (nSPS) is 1.00. The van der Waals surface area contributed by atoms with Gasteiger partial charge < -0.3 is 7.43 Å². The van der Waals surface area contributed by atoms with Crippen LogP contribution in [0.5, 0.6) is 0 Å². The first-order valence-electron chi connectivity index (χ1n) is 0.114. The van der Waals surface area contributed by atoms with Gasteiger partial charge in [-0.3, -0.25) is 0 Å². The Morgan fingerprint density at radius 3 is 0.714 bits per heavy atom. The molecule has 0 nitrogen and oxygen atoms in total. The third kappa shape index (κ3) is 42.5. The first kappa shape index (κ1) is 46.0. The van der Waals surface area contributed by atoms with E-state index in [9.17, 15) is 3.02 Å². The molecule has 0 aliphatic heterocycles. The van der Waals surface area contributed by atoms with Gasteiger partial charge in [0.05, 0.1) is 0 Å². The van der Waals surface area contributed by atoms with Crippen molar-refractivity contribution in [3.8, 4) is 0 Å². The van der Waals surface area contributed by atoms with Crippen molar-refractivity contribution in [1.82, 2.24) is 0 Å². The summed E-state index contributed by atoms with van der Waals surface area (Å²) < 4.78 is 9.44. The molecular formula is CH3Au5F-. The van der Waals surface area contributed by atoms with Gasteiger partial charge in [-0.2, -0.15) is 0 Å². The van der Waals surface area contributed by atoms with E-state index in [2.05, 4.69) is 0 Å². The topological polar surface area (TPSA) is 0 Å². The van der Waals surface area contributed by atoms with Gasteiger partial charge in [0.25, 0.3) is 0 Å². The number of hydrogen-bond donors (Lipinski definition) is 0. The Hall–Kier alpha value is 3.63. The summed E-state index contributed by atoms with van der Waals surface area (Å²) in [4.78, 5) is 0. The van der Waals surface area contributed by atoms with E-state index in [0.29, 0.717) is 0 Å². The van der Waals surface area contributed by atoms with Crippen molar-refractivity contribution in [2.45, 2.75) is 0 Å². The van der Waals surface area contributed by atoms with Gasteiger partial charge in [-0.25, -0.2) is 0 Å². The van der Waals surface area contributed by atoms with E-state index >= 15 is 0 Å². The van der Waals surface area contributed by atoms with Crippen LogP contribution in [0.4, 0.5) is 3.02 Å². The van der Waals surface area contributed by atoms with Crippen LogP contribution in [0.1, 0.15) is 0 Å². The van der Waals surface area contributed by atoms with Crippen molar-refractivity contribution in [2.24, 2.45) is 0 Å². The fraction of sp³-hybridized carbons (Fsp3) is 0.